The van der Waals surface area contributed by atoms with Gasteiger partial charge < -0.3 is 9.30 Å². The van der Waals surface area contributed by atoms with Crippen molar-refractivity contribution in [2.75, 3.05) is 19.7 Å². The lowest BCUT2D eigenvalue weighted by Gasteiger charge is -2.18. The summed E-state index contributed by atoms with van der Waals surface area (Å²) in [5.74, 6) is 0.217. The Hall–Kier alpha value is -2.44. The number of hydrogen-bond donors (Lipinski definition) is 0. The van der Waals surface area contributed by atoms with Gasteiger partial charge in [-0.15, -0.1) is 0 Å². The van der Waals surface area contributed by atoms with Gasteiger partial charge in [0, 0.05) is 26.1 Å². The van der Waals surface area contributed by atoms with E-state index in [0.717, 1.165) is 5.52 Å². The van der Waals surface area contributed by atoms with Crippen molar-refractivity contribution in [3.63, 3.8) is 0 Å². The van der Waals surface area contributed by atoms with Crippen molar-refractivity contribution >= 4 is 27.0 Å². The van der Waals surface area contributed by atoms with Crippen molar-refractivity contribution in [2.45, 2.75) is 45.1 Å². The Balaban J connectivity index is 2.35. The van der Waals surface area contributed by atoms with E-state index in [0.29, 0.717) is 37.4 Å². The summed E-state index contributed by atoms with van der Waals surface area (Å²) in [5.41, 5.74) is 1.39. The predicted molar refractivity (Wildman–Crippen MR) is 100 cm³/mol. The molecule has 1 heterocycles. The summed E-state index contributed by atoms with van der Waals surface area (Å²) in [6, 6.07) is 6.67. The number of esters is 1. The van der Waals surface area contributed by atoms with Crippen molar-refractivity contribution in [3.8, 4) is 6.07 Å². The van der Waals surface area contributed by atoms with Crippen LogP contribution in [0, 0.1) is 11.3 Å². The van der Waals surface area contributed by atoms with Gasteiger partial charge in [0.1, 0.15) is 11.9 Å². The Morgan fingerprint density at radius 2 is 2.00 bits per heavy atom. The quantitative estimate of drug-likeness (QED) is 0.605. The van der Waals surface area contributed by atoms with E-state index in [1.165, 1.54) is 4.31 Å². The molecule has 0 aliphatic heterocycles. The second kappa shape index (κ2) is 8.97. The summed E-state index contributed by atoms with van der Waals surface area (Å²) in [5, 5.41) is 8.45. The minimum Gasteiger partial charge on any atom is -0.450 e. The summed E-state index contributed by atoms with van der Waals surface area (Å²) in [7, 11) is -3.56. The molecule has 0 amide bonds. The number of nitriles is 1. The molecule has 1 aromatic carbocycles. The molecule has 0 radical (unpaired) electrons. The van der Waals surface area contributed by atoms with Gasteiger partial charge in [-0.25, -0.2) is 13.4 Å². The Morgan fingerprint density at radius 3 is 2.59 bits per heavy atom. The topological polar surface area (TPSA) is 105 Å². The van der Waals surface area contributed by atoms with Crippen LogP contribution in [0.3, 0.4) is 0 Å². The molecule has 2 rings (SSSR count). The first-order valence-corrected chi connectivity index (χ1v) is 10.3. The average molecular weight is 392 g/mol. The van der Waals surface area contributed by atoms with Gasteiger partial charge in [0.15, 0.2) is 6.61 Å². The van der Waals surface area contributed by atoms with Crippen LogP contribution in [0.5, 0.6) is 0 Å². The second-order valence-corrected chi connectivity index (χ2v) is 7.77. The summed E-state index contributed by atoms with van der Waals surface area (Å²) in [6.07, 6.45) is 0.459. The Bertz CT molecular complexity index is 956. The number of benzene rings is 1. The molecule has 2 aromatic rings. The highest BCUT2D eigenvalue weighted by atomic mass is 32.2. The van der Waals surface area contributed by atoms with Crippen molar-refractivity contribution in [3.05, 3.63) is 24.0 Å². The van der Waals surface area contributed by atoms with Crippen LogP contribution >= 0.6 is 0 Å². The van der Waals surface area contributed by atoms with E-state index in [1.807, 2.05) is 11.5 Å². The zero-order valence-electron chi connectivity index (χ0n) is 15.8. The Labute approximate surface area is 159 Å². The molecule has 8 nitrogen and oxygen atoms in total. The van der Waals surface area contributed by atoms with Crippen molar-refractivity contribution in [2.24, 2.45) is 0 Å². The number of carbonyl (C=O) groups excluding carboxylic acids is 1. The highest BCUT2D eigenvalue weighted by molar-refractivity contribution is 7.89. The lowest BCUT2D eigenvalue weighted by molar-refractivity contribution is -0.142. The van der Waals surface area contributed by atoms with E-state index < -0.39 is 16.0 Å². The largest absolute Gasteiger partial charge is 0.450 e. The number of fused-ring (bicyclic) bond motifs is 1. The Kier molecular flexibility index (Phi) is 6.93. The minimum absolute atomic E-state index is 0.107. The number of sulfonamides is 1. The lowest BCUT2D eigenvalue weighted by atomic mass is 10.3. The first kappa shape index (κ1) is 20.9. The second-order valence-electron chi connectivity index (χ2n) is 5.83. The maximum absolute atomic E-state index is 12.7. The van der Waals surface area contributed by atoms with E-state index >= 15 is 0 Å². The van der Waals surface area contributed by atoms with Gasteiger partial charge in [-0.1, -0.05) is 13.8 Å². The van der Waals surface area contributed by atoms with Crippen molar-refractivity contribution in [1.82, 2.24) is 13.9 Å². The number of aryl methyl sites for hydroxylation is 2. The number of nitrogens with zero attached hydrogens (tertiary/aromatic N) is 4. The van der Waals surface area contributed by atoms with Crippen LogP contribution in [-0.2, 0) is 32.5 Å². The van der Waals surface area contributed by atoms with E-state index in [9.17, 15) is 13.2 Å². The zero-order valence-corrected chi connectivity index (χ0v) is 16.6. The standard InChI is InChI=1S/C18H24N4O4S/c1-4-21(5-2)27(24,25)14-7-8-16-15(13-14)20-17(22(16)6-3)9-10-18(23)26-12-11-19/h7-8,13H,4-6,9-10,12H2,1-3H3. The van der Waals surface area contributed by atoms with E-state index in [4.69, 9.17) is 10.00 Å². The molecule has 27 heavy (non-hydrogen) atoms. The molecular formula is C18H24N4O4S. The van der Waals surface area contributed by atoms with Crippen LogP contribution < -0.4 is 0 Å². The molecule has 9 heteroatoms. The zero-order chi connectivity index (χ0) is 20.0. The third-order valence-electron chi connectivity index (χ3n) is 4.31. The third kappa shape index (κ3) is 4.46. The molecule has 146 valence electrons. The summed E-state index contributed by atoms with van der Waals surface area (Å²) in [6.45, 7) is 6.73. The fraction of sp³-hybridized carbons (Fsp3) is 0.500. The molecule has 1 aromatic heterocycles. The van der Waals surface area contributed by atoms with Gasteiger partial charge in [0.2, 0.25) is 10.0 Å². The molecule has 0 bridgehead atoms. The normalized spacial score (nSPS) is 11.7. The van der Waals surface area contributed by atoms with Gasteiger partial charge in [0.05, 0.1) is 22.3 Å². The van der Waals surface area contributed by atoms with E-state index in [-0.39, 0.29) is 17.9 Å². The van der Waals surface area contributed by atoms with Gasteiger partial charge >= 0.3 is 5.97 Å². The minimum atomic E-state index is -3.56. The maximum Gasteiger partial charge on any atom is 0.307 e. The van der Waals surface area contributed by atoms with Crippen LogP contribution in [0.25, 0.3) is 11.0 Å². The first-order chi connectivity index (χ1) is 12.9. The Morgan fingerprint density at radius 1 is 1.30 bits per heavy atom. The summed E-state index contributed by atoms with van der Waals surface area (Å²) in [4.78, 5) is 16.4. The molecule has 0 spiro atoms. The number of hydrogen-bond acceptors (Lipinski definition) is 6. The maximum atomic E-state index is 12.7. The molecule has 0 atom stereocenters. The number of ether oxygens (including phenoxy) is 1. The van der Waals surface area contributed by atoms with Crippen molar-refractivity contribution < 1.29 is 17.9 Å². The SMILES string of the molecule is CCN(CC)S(=O)(=O)c1ccc2c(c1)nc(CCC(=O)OCC#N)n2CC. The monoisotopic (exact) mass is 392 g/mol. The van der Waals surface area contributed by atoms with Crippen LogP contribution in [0.4, 0.5) is 0 Å². The van der Waals surface area contributed by atoms with Crippen LogP contribution in [0.2, 0.25) is 0 Å². The predicted octanol–water partition coefficient (Wildman–Crippen LogP) is 2.09. The lowest BCUT2D eigenvalue weighted by Crippen LogP contribution is -2.30. The fourth-order valence-corrected chi connectivity index (χ4v) is 4.45. The van der Waals surface area contributed by atoms with Gasteiger partial charge in [-0.2, -0.15) is 9.57 Å². The fourth-order valence-electron chi connectivity index (χ4n) is 2.98. The first-order valence-electron chi connectivity index (χ1n) is 8.90. The van der Waals surface area contributed by atoms with Crippen LogP contribution in [0.1, 0.15) is 33.0 Å². The molecule has 0 aliphatic carbocycles. The number of imidazole rings is 1. The number of carbonyl (C=O) groups is 1. The van der Waals surface area contributed by atoms with Gasteiger partial charge in [0.25, 0.3) is 0 Å². The number of rotatable bonds is 9. The van der Waals surface area contributed by atoms with Gasteiger partial charge in [-0.3, -0.25) is 4.79 Å². The van der Waals surface area contributed by atoms with Crippen LogP contribution in [-0.4, -0.2) is 47.9 Å². The summed E-state index contributed by atoms with van der Waals surface area (Å²) < 4.78 is 33.5. The van der Waals surface area contributed by atoms with Crippen molar-refractivity contribution in [1.29, 1.82) is 5.26 Å². The van der Waals surface area contributed by atoms with E-state index in [2.05, 4.69) is 4.98 Å². The molecule has 0 fully saturated rings. The molecule has 0 saturated heterocycles. The molecular weight excluding hydrogens is 368 g/mol. The average Bonchev–Trinajstić information content (AvgIpc) is 3.02. The molecule has 0 N–H and O–H groups in total. The van der Waals surface area contributed by atoms with Crippen LogP contribution in [0.15, 0.2) is 23.1 Å². The molecule has 0 saturated carbocycles. The smallest absolute Gasteiger partial charge is 0.307 e. The highest BCUT2D eigenvalue weighted by Crippen LogP contribution is 2.23. The third-order valence-corrected chi connectivity index (χ3v) is 6.35. The summed E-state index contributed by atoms with van der Waals surface area (Å²) >= 11 is 0. The highest BCUT2D eigenvalue weighted by Gasteiger charge is 2.23. The number of aromatic nitrogens is 2. The molecule has 0 unspecified atom stereocenters. The van der Waals surface area contributed by atoms with E-state index in [1.54, 1.807) is 38.1 Å². The molecule has 0 aliphatic rings. The van der Waals surface area contributed by atoms with Gasteiger partial charge in [-0.05, 0) is 25.1 Å².